The second-order valence-electron chi connectivity index (χ2n) is 10.3. The fraction of sp³-hybridized carbons (Fsp3) is 0.467. The summed E-state index contributed by atoms with van der Waals surface area (Å²) in [5.41, 5.74) is 3.40. The third kappa shape index (κ3) is 5.55. The van der Waals surface area contributed by atoms with Gasteiger partial charge in [0, 0.05) is 49.9 Å². The summed E-state index contributed by atoms with van der Waals surface area (Å²) >= 11 is 1.73. The molecule has 0 bridgehead atoms. The zero-order valence-electron chi connectivity index (χ0n) is 21.4. The molecule has 2 aromatic rings. The molecule has 0 spiro atoms. The van der Waals surface area contributed by atoms with Gasteiger partial charge in [-0.2, -0.15) is 0 Å². The van der Waals surface area contributed by atoms with Gasteiger partial charge in [0.15, 0.2) is 0 Å². The molecule has 0 N–H and O–H groups in total. The van der Waals surface area contributed by atoms with Gasteiger partial charge in [-0.3, -0.25) is 9.59 Å². The van der Waals surface area contributed by atoms with Crippen molar-refractivity contribution >= 4 is 29.7 Å². The van der Waals surface area contributed by atoms with E-state index in [1.54, 1.807) is 11.8 Å². The normalized spacial score (nSPS) is 26.2. The summed E-state index contributed by atoms with van der Waals surface area (Å²) < 4.78 is 0. The molecule has 3 fully saturated rings. The highest BCUT2D eigenvalue weighted by molar-refractivity contribution is 8.04. The van der Waals surface area contributed by atoms with Crippen LogP contribution in [0.25, 0.3) is 6.08 Å². The minimum atomic E-state index is 0.00693. The average molecular weight is 504 g/mol. The maximum atomic E-state index is 13.9. The molecular formula is C30H37N3O2S. The van der Waals surface area contributed by atoms with E-state index in [9.17, 15) is 9.59 Å². The summed E-state index contributed by atoms with van der Waals surface area (Å²) in [6, 6.07) is 18.6. The standard InChI is InChI=1S/C30H37N3O2S/c1-3-31-14-16-32(17-15-31)29(34)25-12-13-27-26(20-25)33(21-24-11-7-8-22(2)18-24)30(35)28(36-27)19-23-9-5-4-6-10-23/h4-11,18-19,25-27H,3,12-17,20-21H2,1-2H3/b28-19+. The van der Waals surface area contributed by atoms with E-state index in [0.717, 1.165) is 68.0 Å². The third-order valence-electron chi connectivity index (χ3n) is 7.92. The molecule has 3 atom stereocenters. The van der Waals surface area contributed by atoms with E-state index >= 15 is 0 Å². The second-order valence-corrected chi connectivity index (χ2v) is 11.6. The van der Waals surface area contributed by atoms with Crippen LogP contribution < -0.4 is 0 Å². The zero-order chi connectivity index (χ0) is 25.1. The van der Waals surface area contributed by atoms with Crippen molar-refractivity contribution in [2.75, 3.05) is 32.7 Å². The van der Waals surface area contributed by atoms with Gasteiger partial charge in [0.05, 0.1) is 4.91 Å². The molecule has 3 unspecified atom stereocenters. The Morgan fingerprint density at radius 2 is 1.81 bits per heavy atom. The molecule has 1 saturated carbocycles. The van der Waals surface area contributed by atoms with E-state index in [2.05, 4.69) is 52.8 Å². The van der Waals surface area contributed by atoms with Crippen molar-refractivity contribution in [2.45, 2.75) is 50.9 Å². The molecule has 5 nitrogen and oxygen atoms in total. The van der Waals surface area contributed by atoms with Gasteiger partial charge < -0.3 is 14.7 Å². The Morgan fingerprint density at radius 3 is 2.53 bits per heavy atom. The number of aryl methyl sites for hydroxylation is 1. The number of amides is 2. The van der Waals surface area contributed by atoms with Crippen LogP contribution in [0, 0.1) is 12.8 Å². The van der Waals surface area contributed by atoms with Gasteiger partial charge in [-0.05, 0) is 49.9 Å². The maximum Gasteiger partial charge on any atom is 0.260 e. The fourth-order valence-electron chi connectivity index (χ4n) is 5.85. The van der Waals surface area contributed by atoms with Crippen molar-refractivity contribution in [3.8, 4) is 0 Å². The quantitative estimate of drug-likeness (QED) is 0.549. The summed E-state index contributed by atoms with van der Waals surface area (Å²) in [6.07, 6.45) is 4.67. The van der Waals surface area contributed by atoms with Crippen LogP contribution in [0.5, 0.6) is 0 Å². The third-order valence-corrected chi connectivity index (χ3v) is 9.32. The zero-order valence-corrected chi connectivity index (χ0v) is 22.3. The van der Waals surface area contributed by atoms with Gasteiger partial charge in [-0.1, -0.05) is 67.1 Å². The molecule has 2 aliphatic heterocycles. The van der Waals surface area contributed by atoms with Crippen molar-refractivity contribution in [1.29, 1.82) is 0 Å². The van der Waals surface area contributed by atoms with Crippen molar-refractivity contribution in [3.63, 3.8) is 0 Å². The molecule has 3 aliphatic rings. The van der Waals surface area contributed by atoms with E-state index < -0.39 is 0 Å². The highest BCUT2D eigenvalue weighted by Gasteiger charge is 2.45. The van der Waals surface area contributed by atoms with Gasteiger partial charge in [0.1, 0.15) is 0 Å². The Hall–Kier alpha value is -2.57. The first-order valence-electron chi connectivity index (χ1n) is 13.3. The molecular weight excluding hydrogens is 466 g/mol. The minimum Gasteiger partial charge on any atom is -0.340 e. The lowest BCUT2D eigenvalue weighted by atomic mass is 9.83. The first kappa shape index (κ1) is 25.1. The predicted octanol–water partition coefficient (Wildman–Crippen LogP) is 4.81. The van der Waals surface area contributed by atoms with Crippen LogP contribution in [0.2, 0.25) is 0 Å². The van der Waals surface area contributed by atoms with E-state index in [1.807, 2.05) is 36.4 Å². The van der Waals surface area contributed by atoms with Gasteiger partial charge in [0.25, 0.3) is 5.91 Å². The van der Waals surface area contributed by atoms with Crippen molar-refractivity contribution in [1.82, 2.24) is 14.7 Å². The van der Waals surface area contributed by atoms with Crippen molar-refractivity contribution < 1.29 is 9.59 Å². The van der Waals surface area contributed by atoms with Crippen LogP contribution in [-0.4, -0.2) is 70.5 Å². The Labute approximate surface area is 219 Å². The number of likely N-dealkylation sites (N-methyl/N-ethyl adjacent to an activating group) is 1. The summed E-state index contributed by atoms with van der Waals surface area (Å²) in [6.45, 7) is 9.47. The Balaban J connectivity index is 1.37. The number of hydrogen-bond acceptors (Lipinski definition) is 4. The number of fused-ring (bicyclic) bond motifs is 1. The van der Waals surface area contributed by atoms with Gasteiger partial charge in [0.2, 0.25) is 5.91 Å². The lowest BCUT2D eigenvalue weighted by molar-refractivity contribution is -0.141. The summed E-state index contributed by atoms with van der Waals surface area (Å²) in [5, 5.41) is 0.323. The van der Waals surface area contributed by atoms with Gasteiger partial charge in [-0.15, -0.1) is 11.8 Å². The molecule has 190 valence electrons. The molecule has 1 aliphatic carbocycles. The van der Waals surface area contributed by atoms with Crippen LogP contribution >= 0.6 is 11.8 Å². The van der Waals surface area contributed by atoms with Crippen molar-refractivity contribution in [2.24, 2.45) is 5.92 Å². The van der Waals surface area contributed by atoms with Gasteiger partial charge >= 0.3 is 0 Å². The Morgan fingerprint density at radius 1 is 1.03 bits per heavy atom. The first-order chi connectivity index (χ1) is 17.5. The summed E-state index contributed by atoms with van der Waals surface area (Å²) in [4.78, 5) is 34.7. The first-order valence-corrected chi connectivity index (χ1v) is 14.2. The number of rotatable bonds is 5. The second kappa shape index (κ2) is 11.2. The number of piperazine rings is 1. The van der Waals surface area contributed by atoms with Crippen LogP contribution in [0.3, 0.4) is 0 Å². The number of thioether (sulfide) groups is 1. The Kier molecular flexibility index (Phi) is 7.82. The smallest absolute Gasteiger partial charge is 0.260 e. The number of carbonyl (C=O) groups is 2. The molecule has 2 heterocycles. The predicted molar refractivity (Wildman–Crippen MR) is 147 cm³/mol. The number of benzene rings is 2. The number of nitrogens with zero attached hydrogens (tertiary/aromatic N) is 3. The average Bonchev–Trinajstić information content (AvgIpc) is 2.91. The van der Waals surface area contributed by atoms with Crippen LogP contribution in [0.1, 0.15) is 42.9 Å². The van der Waals surface area contributed by atoms with E-state index in [-0.39, 0.29) is 17.9 Å². The molecule has 2 saturated heterocycles. The summed E-state index contributed by atoms with van der Waals surface area (Å²) in [5.74, 6) is 0.395. The fourth-order valence-corrected chi connectivity index (χ4v) is 7.27. The van der Waals surface area contributed by atoms with Crippen LogP contribution in [0.15, 0.2) is 59.5 Å². The van der Waals surface area contributed by atoms with Gasteiger partial charge in [-0.25, -0.2) is 0 Å². The molecule has 0 radical (unpaired) electrons. The van der Waals surface area contributed by atoms with E-state index in [0.29, 0.717) is 17.7 Å². The van der Waals surface area contributed by atoms with Crippen LogP contribution in [-0.2, 0) is 16.1 Å². The lowest BCUT2D eigenvalue weighted by Crippen LogP contribution is -2.55. The Bertz CT molecular complexity index is 1110. The summed E-state index contributed by atoms with van der Waals surface area (Å²) in [7, 11) is 0. The number of hydrogen-bond donors (Lipinski definition) is 0. The largest absolute Gasteiger partial charge is 0.340 e. The van der Waals surface area contributed by atoms with Crippen molar-refractivity contribution in [3.05, 3.63) is 76.2 Å². The minimum absolute atomic E-state index is 0.00693. The van der Waals surface area contributed by atoms with E-state index in [4.69, 9.17) is 0 Å². The topological polar surface area (TPSA) is 43.9 Å². The van der Waals surface area contributed by atoms with Crippen LogP contribution in [0.4, 0.5) is 0 Å². The molecule has 5 rings (SSSR count). The molecule has 2 amide bonds. The molecule has 2 aromatic carbocycles. The molecule has 36 heavy (non-hydrogen) atoms. The lowest BCUT2D eigenvalue weighted by Gasteiger charge is -2.47. The SMILES string of the molecule is CCN1CCN(C(=O)C2CCC3S/C(=C/c4ccccc4)C(=O)N(Cc4cccc(C)c4)C3C2)CC1. The monoisotopic (exact) mass is 503 g/mol. The molecule has 0 aromatic heterocycles. The highest BCUT2D eigenvalue weighted by atomic mass is 32.2. The highest BCUT2D eigenvalue weighted by Crippen LogP contribution is 2.44. The molecule has 6 heteroatoms. The number of carbonyl (C=O) groups excluding carboxylic acids is 2. The van der Waals surface area contributed by atoms with E-state index in [1.165, 1.54) is 5.56 Å². The maximum absolute atomic E-state index is 13.9.